The van der Waals surface area contributed by atoms with E-state index in [1.165, 1.54) is 147 Å². The Morgan fingerprint density at radius 3 is 1.19 bits per heavy atom. The molecular weight excluding hydrogens is 532 g/mol. The molecule has 0 aromatic heterocycles. The van der Waals surface area contributed by atoms with Gasteiger partial charge in [-0.25, -0.2) is 0 Å². The molecule has 4 heteroatoms. The third kappa shape index (κ3) is 27.8. The number of ketones is 2. The maximum atomic E-state index is 12.9. The molecule has 0 aromatic rings. The minimum Gasteiger partial charge on any atom is -0.461 e. The predicted octanol–water partition coefficient (Wildman–Crippen LogP) is 12.2. The van der Waals surface area contributed by atoms with Gasteiger partial charge in [-0.15, -0.1) is 0 Å². The zero-order chi connectivity index (χ0) is 31.6. The molecular formula is C39H72O4. The largest absolute Gasteiger partial charge is 0.461 e. The first-order chi connectivity index (χ1) is 21.1. The zero-order valence-electron chi connectivity index (χ0n) is 28.9. The van der Waals surface area contributed by atoms with Crippen molar-refractivity contribution in [1.82, 2.24) is 0 Å². The molecule has 0 amide bonds. The first-order valence-electron chi connectivity index (χ1n) is 18.9. The Balaban J connectivity index is 3.99. The SMILES string of the molecule is C=CCOC(=O)C(CCCCCCCCCCCCCCCC)C(=O)C(=O)CCCCCCCCCCCCCCCC. The van der Waals surface area contributed by atoms with Crippen LogP contribution in [0.25, 0.3) is 0 Å². The second-order valence-corrected chi connectivity index (χ2v) is 13.0. The van der Waals surface area contributed by atoms with E-state index >= 15 is 0 Å². The van der Waals surface area contributed by atoms with Gasteiger partial charge in [-0.1, -0.05) is 200 Å². The second-order valence-electron chi connectivity index (χ2n) is 13.0. The summed E-state index contributed by atoms with van der Waals surface area (Å²) in [5, 5.41) is 0. The summed E-state index contributed by atoms with van der Waals surface area (Å²) in [4.78, 5) is 38.1. The number of carbonyl (C=O) groups is 3. The van der Waals surface area contributed by atoms with Gasteiger partial charge < -0.3 is 4.74 Å². The molecule has 0 saturated carbocycles. The van der Waals surface area contributed by atoms with E-state index in [4.69, 9.17) is 4.74 Å². The maximum absolute atomic E-state index is 12.9. The number of carbonyl (C=O) groups excluding carboxylic acids is 3. The standard InChI is InChI=1S/C39H72O4/c1-4-7-9-11-13-15-17-19-21-23-25-27-29-31-33-36(39(42)43-35-6-3)38(41)37(40)34-32-30-28-26-24-22-20-18-16-14-12-10-8-5-2/h6,36H,3-5,7-35H2,1-2H3. The predicted molar refractivity (Wildman–Crippen MR) is 185 cm³/mol. The molecule has 0 aliphatic rings. The second kappa shape index (κ2) is 33.4. The van der Waals surface area contributed by atoms with Crippen LogP contribution in [0.2, 0.25) is 0 Å². The van der Waals surface area contributed by atoms with Gasteiger partial charge in [0.25, 0.3) is 0 Å². The fraction of sp³-hybridized carbons (Fsp3) is 0.872. The molecule has 0 bridgehead atoms. The number of unbranched alkanes of at least 4 members (excludes halogenated alkanes) is 26. The van der Waals surface area contributed by atoms with Crippen LogP contribution < -0.4 is 0 Å². The normalized spacial score (nSPS) is 11.9. The summed E-state index contributed by atoms with van der Waals surface area (Å²) in [6.45, 7) is 8.19. The molecule has 0 aliphatic heterocycles. The lowest BCUT2D eigenvalue weighted by Gasteiger charge is -2.14. The molecule has 0 N–H and O–H groups in total. The van der Waals surface area contributed by atoms with Gasteiger partial charge in [0.1, 0.15) is 12.5 Å². The summed E-state index contributed by atoms with van der Waals surface area (Å²) in [5.74, 6) is -2.45. The number of Topliss-reactive ketones (excluding diaryl/α,β-unsaturated/α-hetero) is 2. The van der Waals surface area contributed by atoms with Crippen molar-refractivity contribution in [2.45, 2.75) is 206 Å². The average molecular weight is 605 g/mol. The Labute approximate surface area is 268 Å². The Kier molecular flexibility index (Phi) is 32.3. The lowest BCUT2D eigenvalue weighted by molar-refractivity contribution is -0.154. The number of ether oxygens (including phenoxy) is 1. The summed E-state index contributed by atoms with van der Waals surface area (Å²) in [5.41, 5.74) is 0. The van der Waals surface area contributed by atoms with Crippen LogP contribution in [0, 0.1) is 5.92 Å². The van der Waals surface area contributed by atoms with Gasteiger partial charge in [0, 0.05) is 6.42 Å². The molecule has 0 radical (unpaired) electrons. The lowest BCUT2D eigenvalue weighted by Crippen LogP contribution is -2.31. The molecule has 0 rings (SSSR count). The van der Waals surface area contributed by atoms with E-state index in [1.807, 2.05) is 0 Å². The van der Waals surface area contributed by atoms with Crippen molar-refractivity contribution in [1.29, 1.82) is 0 Å². The molecule has 1 unspecified atom stereocenters. The Morgan fingerprint density at radius 1 is 0.512 bits per heavy atom. The molecule has 0 saturated heterocycles. The Morgan fingerprint density at radius 2 is 0.837 bits per heavy atom. The first kappa shape index (κ1) is 41.5. The highest BCUT2D eigenvalue weighted by Gasteiger charge is 2.31. The Hall–Kier alpha value is -1.45. The van der Waals surface area contributed by atoms with Crippen molar-refractivity contribution >= 4 is 17.5 Å². The number of hydrogen-bond donors (Lipinski definition) is 0. The minimum absolute atomic E-state index is 0.0779. The van der Waals surface area contributed by atoms with Crippen molar-refractivity contribution in [2.24, 2.45) is 5.92 Å². The highest BCUT2D eigenvalue weighted by atomic mass is 16.5. The summed E-state index contributed by atoms with van der Waals surface area (Å²) in [6, 6.07) is 0. The highest BCUT2D eigenvalue weighted by Crippen LogP contribution is 2.19. The van der Waals surface area contributed by atoms with Crippen LogP contribution >= 0.6 is 0 Å². The van der Waals surface area contributed by atoms with Crippen molar-refractivity contribution < 1.29 is 19.1 Å². The van der Waals surface area contributed by atoms with Gasteiger partial charge in [0.2, 0.25) is 5.78 Å². The van der Waals surface area contributed by atoms with Crippen molar-refractivity contribution in [2.75, 3.05) is 6.61 Å². The fourth-order valence-corrected chi connectivity index (χ4v) is 5.94. The molecule has 0 spiro atoms. The molecule has 0 aromatic carbocycles. The molecule has 4 nitrogen and oxygen atoms in total. The lowest BCUT2D eigenvalue weighted by atomic mass is 9.92. The van der Waals surface area contributed by atoms with Crippen LogP contribution in [0.3, 0.4) is 0 Å². The van der Waals surface area contributed by atoms with E-state index < -0.39 is 23.5 Å². The van der Waals surface area contributed by atoms with Gasteiger partial charge in [0.05, 0.1) is 0 Å². The van der Waals surface area contributed by atoms with E-state index in [0.29, 0.717) is 6.42 Å². The summed E-state index contributed by atoms with van der Waals surface area (Å²) in [6.07, 6.45) is 37.3. The summed E-state index contributed by atoms with van der Waals surface area (Å²) >= 11 is 0. The van der Waals surface area contributed by atoms with E-state index in [1.54, 1.807) is 0 Å². The molecule has 43 heavy (non-hydrogen) atoms. The van der Waals surface area contributed by atoms with E-state index in [9.17, 15) is 14.4 Å². The van der Waals surface area contributed by atoms with Crippen LogP contribution in [0.5, 0.6) is 0 Å². The van der Waals surface area contributed by atoms with Crippen LogP contribution in [0.15, 0.2) is 12.7 Å². The third-order valence-electron chi connectivity index (χ3n) is 8.82. The monoisotopic (exact) mass is 605 g/mol. The van der Waals surface area contributed by atoms with Crippen LogP contribution in [-0.4, -0.2) is 24.1 Å². The zero-order valence-corrected chi connectivity index (χ0v) is 28.9. The van der Waals surface area contributed by atoms with Gasteiger partial charge in [-0.3, -0.25) is 14.4 Å². The highest BCUT2D eigenvalue weighted by molar-refractivity contribution is 6.41. The van der Waals surface area contributed by atoms with Gasteiger partial charge >= 0.3 is 5.97 Å². The van der Waals surface area contributed by atoms with Crippen LogP contribution in [-0.2, 0) is 19.1 Å². The summed E-state index contributed by atoms with van der Waals surface area (Å²) < 4.78 is 5.19. The third-order valence-corrected chi connectivity index (χ3v) is 8.82. The first-order valence-corrected chi connectivity index (χ1v) is 18.9. The van der Waals surface area contributed by atoms with Crippen LogP contribution in [0.1, 0.15) is 206 Å². The maximum Gasteiger partial charge on any atom is 0.317 e. The van der Waals surface area contributed by atoms with Crippen LogP contribution in [0.4, 0.5) is 0 Å². The molecule has 1 atom stereocenters. The van der Waals surface area contributed by atoms with Crippen molar-refractivity contribution in [3.05, 3.63) is 12.7 Å². The number of esters is 1. The average Bonchev–Trinajstić information content (AvgIpc) is 3.01. The van der Waals surface area contributed by atoms with Gasteiger partial charge in [-0.05, 0) is 12.8 Å². The topological polar surface area (TPSA) is 60.4 Å². The number of rotatable bonds is 35. The van der Waals surface area contributed by atoms with Crippen molar-refractivity contribution in [3.8, 4) is 0 Å². The molecule has 0 aliphatic carbocycles. The minimum atomic E-state index is -0.948. The van der Waals surface area contributed by atoms with Gasteiger partial charge in [0.15, 0.2) is 5.78 Å². The fourth-order valence-electron chi connectivity index (χ4n) is 5.94. The number of hydrogen-bond acceptors (Lipinski definition) is 4. The molecule has 252 valence electrons. The summed E-state index contributed by atoms with van der Waals surface area (Å²) in [7, 11) is 0. The molecule has 0 heterocycles. The van der Waals surface area contributed by atoms with E-state index in [-0.39, 0.29) is 13.0 Å². The van der Waals surface area contributed by atoms with E-state index in [2.05, 4.69) is 20.4 Å². The van der Waals surface area contributed by atoms with E-state index in [0.717, 1.165) is 38.5 Å². The smallest absolute Gasteiger partial charge is 0.317 e. The van der Waals surface area contributed by atoms with Gasteiger partial charge in [-0.2, -0.15) is 0 Å². The van der Waals surface area contributed by atoms with Crippen molar-refractivity contribution in [3.63, 3.8) is 0 Å². The Bertz CT molecular complexity index is 656. The quantitative estimate of drug-likeness (QED) is 0.0237. The molecule has 0 fully saturated rings.